The van der Waals surface area contributed by atoms with Gasteiger partial charge in [0.2, 0.25) is 5.78 Å². The number of methoxy groups -OCH3 is 1. The number of esters is 1. The third-order valence-corrected chi connectivity index (χ3v) is 8.60. The van der Waals surface area contributed by atoms with E-state index in [2.05, 4.69) is 20.3 Å². The summed E-state index contributed by atoms with van der Waals surface area (Å²) in [5.74, 6) is -1.12. The van der Waals surface area contributed by atoms with Crippen LogP contribution in [-0.2, 0) is 10.2 Å². The smallest absolute Gasteiger partial charge is 0.354 e. The molecule has 2 atom stereocenters. The molecular weight excluding hydrogens is 522 g/mol. The topological polar surface area (TPSA) is 140 Å². The van der Waals surface area contributed by atoms with Gasteiger partial charge in [-0.25, -0.2) is 4.79 Å². The highest BCUT2D eigenvalue weighted by Crippen LogP contribution is 2.66. The molecule has 0 bridgehead atoms. The molecule has 4 N–H and O–H groups in total. The van der Waals surface area contributed by atoms with E-state index in [0.29, 0.717) is 35.0 Å². The van der Waals surface area contributed by atoms with E-state index in [1.165, 1.54) is 7.11 Å². The number of carbonyl (C=O) groups excluding carboxylic acids is 4. The number of anilines is 1. The van der Waals surface area contributed by atoms with Crippen molar-refractivity contribution in [2.75, 3.05) is 19.0 Å². The van der Waals surface area contributed by atoms with Gasteiger partial charge in [-0.1, -0.05) is 18.2 Å². The lowest BCUT2D eigenvalue weighted by atomic mass is 9.85. The number of hydrogen-bond donors (Lipinski definition) is 4. The van der Waals surface area contributed by atoms with Crippen molar-refractivity contribution in [3.63, 3.8) is 0 Å². The van der Waals surface area contributed by atoms with Crippen LogP contribution in [0.1, 0.15) is 53.9 Å². The van der Waals surface area contributed by atoms with Crippen LogP contribution in [0.4, 0.5) is 5.69 Å². The number of fused-ring (bicyclic) bond motifs is 3. The summed E-state index contributed by atoms with van der Waals surface area (Å²) in [6.45, 7) is 0.518. The predicted molar refractivity (Wildman–Crippen MR) is 150 cm³/mol. The minimum absolute atomic E-state index is 0.167. The quantitative estimate of drug-likeness (QED) is 0.246. The molecule has 0 unspecified atom stereocenters. The largest absolute Gasteiger partial charge is 0.464 e. The Labute approximate surface area is 232 Å². The number of carbonyl (C=O) groups is 4. The highest BCUT2D eigenvalue weighted by molar-refractivity contribution is 6.12. The van der Waals surface area contributed by atoms with Crippen molar-refractivity contribution in [3.05, 3.63) is 101 Å². The average Bonchev–Trinajstić information content (AvgIpc) is 3.46. The lowest BCUT2D eigenvalue weighted by Crippen LogP contribution is -2.33. The molecule has 202 valence electrons. The number of aromatic nitrogens is 3. The van der Waals surface area contributed by atoms with Gasteiger partial charge in [-0.2, -0.15) is 0 Å². The number of benzene rings is 2. The molecule has 1 saturated heterocycles. The standard InChI is InChI=1S/C31H23N5O5/c1-41-30(40)24-10-16-8-18(6-7-21(16)34-24)32-28(38)22-11-19-27(35-22)25(37)12-26-31(19)13-17(31)14-36(26)29(39)23-9-15-4-2-3-5-20(15)33-23/h2-12,17,33-35H,13-14H2,1H3,(H,32,38)/t17-,31-/m0/s1. The first-order chi connectivity index (χ1) is 19.9. The molecule has 1 spiro atoms. The van der Waals surface area contributed by atoms with Crippen molar-refractivity contribution in [1.82, 2.24) is 19.9 Å². The number of nitrogens with zero attached hydrogens (tertiary/aromatic N) is 1. The van der Waals surface area contributed by atoms with E-state index in [9.17, 15) is 19.2 Å². The Bertz CT molecular complexity index is 1990. The van der Waals surface area contributed by atoms with Crippen LogP contribution in [0.2, 0.25) is 0 Å². The van der Waals surface area contributed by atoms with Gasteiger partial charge in [0.1, 0.15) is 17.1 Å². The SMILES string of the molecule is COC(=O)c1cc2cc(NC(=O)c3cc4c([nH]3)C(=O)C=C3N(C(=O)c5cc6ccccc6[nH]5)C[C@@H]5C[C@@]345)ccc2[nH]1. The number of aromatic amines is 3. The van der Waals surface area contributed by atoms with Crippen LogP contribution in [0.15, 0.2) is 72.4 Å². The number of para-hydroxylation sites is 1. The number of allylic oxidation sites excluding steroid dienone is 2. The average molecular weight is 546 g/mol. The maximum atomic E-state index is 13.6. The normalized spacial score (nSPS) is 20.4. The Morgan fingerprint density at radius 1 is 0.927 bits per heavy atom. The molecule has 0 radical (unpaired) electrons. The Morgan fingerprint density at radius 2 is 1.71 bits per heavy atom. The summed E-state index contributed by atoms with van der Waals surface area (Å²) in [5.41, 5.74) is 4.63. The maximum absolute atomic E-state index is 13.6. The number of ether oxygens (including phenoxy) is 1. The highest BCUT2D eigenvalue weighted by Gasteiger charge is 2.67. The summed E-state index contributed by atoms with van der Waals surface area (Å²) in [4.78, 5) is 62.8. The summed E-state index contributed by atoms with van der Waals surface area (Å²) in [7, 11) is 1.31. The number of ketones is 1. The van der Waals surface area contributed by atoms with Gasteiger partial charge in [-0.15, -0.1) is 0 Å². The molecule has 2 fully saturated rings. The molecule has 4 heterocycles. The fourth-order valence-electron chi connectivity index (χ4n) is 6.57. The van der Waals surface area contributed by atoms with Gasteiger partial charge in [0.15, 0.2) is 0 Å². The molecule has 41 heavy (non-hydrogen) atoms. The summed E-state index contributed by atoms with van der Waals surface area (Å²) >= 11 is 0. The van der Waals surface area contributed by atoms with Crippen molar-refractivity contribution in [2.24, 2.45) is 5.92 Å². The minimum Gasteiger partial charge on any atom is -0.464 e. The zero-order chi connectivity index (χ0) is 28.0. The number of H-pyrrole nitrogens is 3. The monoisotopic (exact) mass is 545 g/mol. The Balaban J connectivity index is 1.07. The first kappa shape index (κ1) is 23.5. The molecule has 10 nitrogen and oxygen atoms in total. The molecule has 10 heteroatoms. The second kappa shape index (κ2) is 8.07. The second-order valence-corrected chi connectivity index (χ2v) is 10.9. The first-order valence-electron chi connectivity index (χ1n) is 13.3. The van der Waals surface area contributed by atoms with Crippen molar-refractivity contribution < 1.29 is 23.9 Å². The first-order valence-corrected chi connectivity index (χ1v) is 13.3. The predicted octanol–water partition coefficient (Wildman–Crippen LogP) is 4.51. The molecule has 3 aromatic heterocycles. The lowest BCUT2D eigenvalue weighted by molar-refractivity contribution is 0.0594. The van der Waals surface area contributed by atoms with Crippen molar-refractivity contribution in [1.29, 1.82) is 0 Å². The van der Waals surface area contributed by atoms with Crippen molar-refractivity contribution >= 4 is 51.1 Å². The van der Waals surface area contributed by atoms with Crippen molar-refractivity contribution in [2.45, 2.75) is 11.8 Å². The van der Waals surface area contributed by atoms with Crippen LogP contribution in [0, 0.1) is 5.92 Å². The molecule has 2 aliphatic carbocycles. The molecule has 3 aliphatic rings. The summed E-state index contributed by atoms with van der Waals surface area (Å²) in [6, 6.07) is 18.2. The number of amides is 2. The fourth-order valence-corrected chi connectivity index (χ4v) is 6.57. The van der Waals surface area contributed by atoms with E-state index in [1.54, 1.807) is 41.3 Å². The van der Waals surface area contributed by atoms with Gasteiger partial charge in [0.25, 0.3) is 11.8 Å². The van der Waals surface area contributed by atoms with Crippen LogP contribution in [-0.4, -0.2) is 57.1 Å². The molecule has 2 amide bonds. The number of hydrogen-bond acceptors (Lipinski definition) is 5. The molecular formula is C31H23N5O5. The van der Waals surface area contributed by atoms with E-state index >= 15 is 0 Å². The van der Waals surface area contributed by atoms with Crippen LogP contribution < -0.4 is 5.32 Å². The zero-order valence-corrected chi connectivity index (χ0v) is 21.8. The molecule has 8 rings (SSSR count). The van der Waals surface area contributed by atoms with Crippen LogP contribution >= 0.6 is 0 Å². The zero-order valence-electron chi connectivity index (χ0n) is 21.8. The maximum Gasteiger partial charge on any atom is 0.354 e. The van der Waals surface area contributed by atoms with E-state index in [1.807, 2.05) is 30.3 Å². The molecule has 1 saturated carbocycles. The minimum atomic E-state index is -0.479. The molecule has 5 aromatic rings. The third-order valence-electron chi connectivity index (χ3n) is 8.60. The Kier molecular flexibility index (Phi) is 4.63. The highest BCUT2D eigenvalue weighted by atomic mass is 16.5. The number of rotatable bonds is 4. The number of piperidine rings is 1. The summed E-state index contributed by atoms with van der Waals surface area (Å²) in [5, 5.41) is 4.57. The second-order valence-electron chi connectivity index (χ2n) is 10.9. The van der Waals surface area contributed by atoms with Gasteiger partial charge >= 0.3 is 5.97 Å². The lowest BCUT2D eigenvalue weighted by Gasteiger charge is -2.27. The van der Waals surface area contributed by atoms with E-state index in [0.717, 1.165) is 33.8 Å². The van der Waals surface area contributed by atoms with Gasteiger partial charge in [-0.3, -0.25) is 14.4 Å². The third kappa shape index (κ3) is 3.30. The summed E-state index contributed by atoms with van der Waals surface area (Å²) < 4.78 is 4.76. The van der Waals surface area contributed by atoms with Gasteiger partial charge in [-0.05, 0) is 60.4 Å². The van der Waals surface area contributed by atoms with Gasteiger partial charge < -0.3 is 29.9 Å². The van der Waals surface area contributed by atoms with Crippen LogP contribution in [0.5, 0.6) is 0 Å². The van der Waals surface area contributed by atoms with E-state index < -0.39 is 17.3 Å². The van der Waals surface area contributed by atoms with E-state index in [4.69, 9.17) is 4.74 Å². The Morgan fingerprint density at radius 3 is 2.54 bits per heavy atom. The Hall–Kier alpha value is -5.38. The number of likely N-dealkylation sites (tertiary alicyclic amines) is 1. The molecule has 1 aliphatic heterocycles. The van der Waals surface area contributed by atoms with Gasteiger partial charge in [0.05, 0.1) is 12.8 Å². The number of nitrogens with one attached hydrogen (secondary N) is 4. The van der Waals surface area contributed by atoms with Crippen molar-refractivity contribution in [3.8, 4) is 0 Å². The van der Waals surface area contributed by atoms with Crippen LogP contribution in [0.3, 0.4) is 0 Å². The molecule has 2 aromatic carbocycles. The fraction of sp³-hybridized carbons (Fsp3) is 0.161. The van der Waals surface area contributed by atoms with Gasteiger partial charge in [0, 0.05) is 51.2 Å². The van der Waals surface area contributed by atoms with E-state index in [-0.39, 0.29) is 23.3 Å². The summed E-state index contributed by atoms with van der Waals surface area (Å²) in [6.07, 6.45) is 2.37. The van der Waals surface area contributed by atoms with Crippen LogP contribution in [0.25, 0.3) is 21.8 Å².